The number of aliphatic carboxylic acids is 2. The van der Waals surface area contributed by atoms with Gasteiger partial charge in [0.25, 0.3) is 0 Å². The highest BCUT2D eigenvalue weighted by molar-refractivity contribution is 5.95. The van der Waals surface area contributed by atoms with Crippen LogP contribution in [0.5, 0.6) is 0 Å². The molecule has 6 nitrogen and oxygen atoms in total. The molecular formula is C12H12O6. The quantitative estimate of drug-likeness (QED) is 0.565. The lowest BCUT2D eigenvalue weighted by Gasteiger charge is -2.31. The Labute approximate surface area is 103 Å². The fraction of sp³-hybridized carbons (Fsp3) is 0.250. The van der Waals surface area contributed by atoms with E-state index in [0.717, 1.165) is 12.2 Å². The normalized spacial score (nSPS) is 25.5. The van der Waals surface area contributed by atoms with Crippen molar-refractivity contribution in [2.75, 3.05) is 0 Å². The fourth-order valence-corrected chi connectivity index (χ4v) is 1.47. The lowest BCUT2D eigenvalue weighted by atomic mass is 9.83. The standard InChI is InChI=1S/C12H12O6/c1-7(2)10(15)18-12(11(16)17)6-4-3-5-8(12)9(13)14/h3-6,8H,1H2,2H3,(H,13,14)(H,16,17). The van der Waals surface area contributed by atoms with Gasteiger partial charge >= 0.3 is 17.9 Å². The summed E-state index contributed by atoms with van der Waals surface area (Å²) in [5.41, 5.74) is -2.25. The summed E-state index contributed by atoms with van der Waals surface area (Å²) in [6.07, 6.45) is 4.89. The van der Waals surface area contributed by atoms with E-state index in [4.69, 9.17) is 9.84 Å². The van der Waals surface area contributed by atoms with Crippen molar-refractivity contribution in [2.45, 2.75) is 12.5 Å². The maximum atomic E-state index is 11.5. The minimum absolute atomic E-state index is 0.0114. The molecule has 0 bridgehead atoms. The fourth-order valence-electron chi connectivity index (χ4n) is 1.47. The van der Waals surface area contributed by atoms with Crippen LogP contribution in [0.15, 0.2) is 36.5 Å². The summed E-state index contributed by atoms with van der Waals surface area (Å²) in [6, 6.07) is 0. The second-order valence-electron chi connectivity index (χ2n) is 3.83. The number of ether oxygens (including phenoxy) is 1. The third-order valence-corrected chi connectivity index (χ3v) is 2.43. The van der Waals surface area contributed by atoms with Gasteiger partial charge in [-0.3, -0.25) is 4.79 Å². The molecule has 6 heteroatoms. The van der Waals surface area contributed by atoms with Crippen LogP contribution in [0, 0.1) is 5.92 Å². The summed E-state index contributed by atoms with van der Waals surface area (Å²) in [5.74, 6) is -5.38. The van der Waals surface area contributed by atoms with Crippen molar-refractivity contribution in [3.05, 3.63) is 36.5 Å². The van der Waals surface area contributed by atoms with E-state index in [1.54, 1.807) is 0 Å². The van der Waals surface area contributed by atoms with E-state index in [1.807, 2.05) is 0 Å². The summed E-state index contributed by atoms with van der Waals surface area (Å²) in [4.78, 5) is 33.8. The minimum atomic E-state index is -2.24. The lowest BCUT2D eigenvalue weighted by Crippen LogP contribution is -2.51. The Hall–Kier alpha value is -2.37. The van der Waals surface area contributed by atoms with Crippen molar-refractivity contribution in [3.63, 3.8) is 0 Å². The SMILES string of the molecule is C=C(C)C(=O)OC1(C(=O)O)C=CC=CC1C(=O)O. The monoisotopic (exact) mass is 252 g/mol. The minimum Gasteiger partial charge on any atom is -0.481 e. The highest BCUT2D eigenvalue weighted by Gasteiger charge is 2.51. The summed E-state index contributed by atoms with van der Waals surface area (Å²) >= 11 is 0. The average molecular weight is 252 g/mol. The van der Waals surface area contributed by atoms with Gasteiger partial charge in [0.15, 0.2) is 0 Å². The highest BCUT2D eigenvalue weighted by atomic mass is 16.6. The lowest BCUT2D eigenvalue weighted by molar-refractivity contribution is -0.179. The van der Waals surface area contributed by atoms with Gasteiger partial charge in [0, 0.05) is 5.57 Å². The van der Waals surface area contributed by atoms with Gasteiger partial charge in [-0.15, -0.1) is 0 Å². The van der Waals surface area contributed by atoms with Crippen LogP contribution in [0.25, 0.3) is 0 Å². The molecule has 2 N–H and O–H groups in total. The van der Waals surface area contributed by atoms with Gasteiger partial charge in [-0.1, -0.05) is 24.8 Å². The number of carbonyl (C=O) groups excluding carboxylic acids is 1. The first-order chi connectivity index (χ1) is 8.31. The zero-order valence-electron chi connectivity index (χ0n) is 9.62. The van der Waals surface area contributed by atoms with Gasteiger partial charge in [0.05, 0.1) is 0 Å². The van der Waals surface area contributed by atoms with Gasteiger partial charge in [-0.05, 0) is 13.0 Å². The van der Waals surface area contributed by atoms with Crippen molar-refractivity contribution >= 4 is 17.9 Å². The van der Waals surface area contributed by atoms with Crippen LogP contribution in [0.4, 0.5) is 0 Å². The van der Waals surface area contributed by atoms with Crippen LogP contribution in [0.1, 0.15) is 6.92 Å². The molecule has 0 heterocycles. The molecule has 0 aromatic heterocycles. The van der Waals surface area contributed by atoms with Crippen molar-refractivity contribution in [2.24, 2.45) is 5.92 Å². The van der Waals surface area contributed by atoms with E-state index in [2.05, 4.69) is 6.58 Å². The third kappa shape index (κ3) is 2.32. The summed E-state index contributed by atoms with van der Waals surface area (Å²) in [6.45, 7) is 4.67. The maximum Gasteiger partial charge on any atom is 0.353 e. The van der Waals surface area contributed by atoms with Crippen LogP contribution < -0.4 is 0 Å². The first-order valence-electron chi connectivity index (χ1n) is 5.02. The number of carboxylic acid groups (broad SMARTS) is 2. The molecule has 2 unspecified atom stereocenters. The topological polar surface area (TPSA) is 101 Å². The average Bonchev–Trinajstić information content (AvgIpc) is 2.28. The highest BCUT2D eigenvalue weighted by Crippen LogP contribution is 2.30. The predicted octanol–water partition coefficient (Wildman–Crippen LogP) is 0.756. The Morgan fingerprint density at radius 1 is 1.28 bits per heavy atom. The van der Waals surface area contributed by atoms with Crippen molar-refractivity contribution in [3.8, 4) is 0 Å². The first-order valence-corrected chi connectivity index (χ1v) is 5.02. The molecule has 0 aromatic rings. The summed E-state index contributed by atoms with van der Waals surface area (Å²) in [7, 11) is 0. The number of hydrogen-bond acceptors (Lipinski definition) is 4. The Morgan fingerprint density at radius 3 is 2.33 bits per heavy atom. The number of hydrogen-bond donors (Lipinski definition) is 2. The van der Waals surface area contributed by atoms with Crippen LogP contribution in [-0.4, -0.2) is 33.7 Å². The second-order valence-corrected chi connectivity index (χ2v) is 3.83. The Balaban J connectivity index is 3.21. The molecule has 0 aliphatic heterocycles. The Bertz CT molecular complexity index is 473. The third-order valence-electron chi connectivity index (χ3n) is 2.43. The van der Waals surface area contributed by atoms with Gasteiger partial charge in [-0.2, -0.15) is 0 Å². The largest absolute Gasteiger partial charge is 0.481 e. The predicted molar refractivity (Wildman–Crippen MR) is 60.7 cm³/mol. The van der Waals surface area contributed by atoms with Gasteiger partial charge in [-0.25, -0.2) is 9.59 Å². The van der Waals surface area contributed by atoms with E-state index in [1.165, 1.54) is 19.1 Å². The van der Waals surface area contributed by atoms with Crippen molar-refractivity contribution < 1.29 is 29.3 Å². The van der Waals surface area contributed by atoms with Gasteiger partial charge in [0.1, 0.15) is 5.92 Å². The molecule has 0 radical (unpaired) electrons. The molecule has 0 aromatic carbocycles. The number of esters is 1. The van der Waals surface area contributed by atoms with E-state index in [-0.39, 0.29) is 5.57 Å². The van der Waals surface area contributed by atoms with Gasteiger partial charge in [0.2, 0.25) is 5.60 Å². The Kier molecular flexibility index (Phi) is 3.70. The second kappa shape index (κ2) is 4.87. The summed E-state index contributed by atoms with van der Waals surface area (Å²) < 4.78 is 4.82. The van der Waals surface area contributed by atoms with Gasteiger partial charge < -0.3 is 14.9 Å². The number of rotatable bonds is 4. The van der Waals surface area contributed by atoms with E-state index in [9.17, 15) is 19.5 Å². The first kappa shape index (κ1) is 13.7. The van der Waals surface area contributed by atoms with Crippen LogP contribution >= 0.6 is 0 Å². The molecule has 1 aliphatic carbocycles. The molecule has 0 fully saturated rings. The molecule has 1 aliphatic rings. The summed E-state index contributed by atoms with van der Waals surface area (Å²) in [5, 5.41) is 18.2. The number of carbonyl (C=O) groups is 3. The van der Waals surface area contributed by atoms with Crippen molar-refractivity contribution in [1.29, 1.82) is 0 Å². The molecule has 2 atom stereocenters. The molecule has 96 valence electrons. The van der Waals surface area contributed by atoms with E-state index >= 15 is 0 Å². The molecule has 0 saturated carbocycles. The molecule has 18 heavy (non-hydrogen) atoms. The van der Waals surface area contributed by atoms with Crippen LogP contribution in [0.2, 0.25) is 0 Å². The zero-order valence-corrected chi connectivity index (χ0v) is 9.62. The van der Waals surface area contributed by atoms with E-state index in [0.29, 0.717) is 0 Å². The van der Waals surface area contributed by atoms with E-state index < -0.39 is 29.4 Å². The van der Waals surface area contributed by atoms with Crippen LogP contribution in [0.3, 0.4) is 0 Å². The molecule has 0 amide bonds. The van der Waals surface area contributed by atoms with Crippen LogP contribution in [-0.2, 0) is 19.1 Å². The zero-order chi connectivity index (χ0) is 13.9. The van der Waals surface area contributed by atoms with Crippen molar-refractivity contribution in [1.82, 2.24) is 0 Å². The molecule has 1 rings (SSSR count). The molecular weight excluding hydrogens is 240 g/mol. The number of allylic oxidation sites excluding steroid dienone is 2. The molecule has 0 spiro atoms. The number of carboxylic acids is 2. The molecule has 0 saturated heterocycles. The smallest absolute Gasteiger partial charge is 0.353 e. The Morgan fingerprint density at radius 2 is 1.89 bits per heavy atom. The maximum absolute atomic E-state index is 11.5.